The number of nitrogens with zero attached hydrogens (tertiary/aromatic N) is 1. The molecule has 4 heteroatoms. The molecule has 0 amide bonds. The highest BCUT2D eigenvalue weighted by Crippen LogP contribution is 2.64. The number of aromatic amines is 1. The molecule has 5 aromatic carbocycles. The molecule has 0 saturated carbocycles. The fourth-order valence-corrected chi connectivity index (χ4v) is 6.55. The number of benzene rings is 5. The SMILES string of the molecule is C1=CCC2C(=C1)N(c1ccccc1)c1c3c(c4c([nH]c5ccc6ccccc6c54)c12)Oc1ccccc1O3. The normalized spacial score (nSPS) is 17.0. The van der Waals surface area contributed by atoms with Crippen molar-refractivity contribution in [3.05, 3.63) is 120 Å². The lowest BCUT2D eigenvalue weighted by atomic mass is 9.89. The maximum absolute atomic E-state index is 6.79. The van der Waals surface area contributed by atoms with Crippen LogP contribution in [0.25, 0.3) is 32.6 Å². The fraction of sp³-hybridized carbons (Fsp3) is 0.0588. The molecule has 9 rings (SSSR count). The quantitative estimate of drug-likeness (QED) is 0.249. The smallest absolute Gasteiger partial charge is 0.195 e. The Hall–Kier alpha value is -4.96. The Morgan fingerprint density at radius 2 is 1.50 bits per heavy atom. The summed E-state index contributed by atoms with van der Waals surface area (Å²) in [5, 5.41) is 4.68. The molecule has 0 bridgehead atoms. The molecule has 2 aliphatic heterocycles. The molecule has 0 spiro atoms. The van der Waals surface area contributed by atoms with Crippen LogP contribution >= 0.6 is 0 Å². The zero-order valence-corrected chi connectivity index (χ0v) is 20.4. The Bertz CT molecular complexity index is 2020. The van der Waals surface area contributed by atoms with Gasteiger partial charge in [-0.25, -0.2) is 0 Å². The minimum atomic E-state index is 0.211. The van der Waals surface area contributed by atoms with Crippen molar-refractivity contribution in [2.45, 2.75) is 12.3 Å². The highest BCUT2D eigenvalue weighted by molar-refractivity contribution is 6.24. The largest absolute Gasteiger partial charge is 0.449 e. The summed E-state index contributed by atoms with van der Waals surface area (Å²) in [7, 11) is 0. The van der Waals surface area contributed by atoms with Gasteiger partial charge in [0.05, 0.1) is 16.6 Å². The molecule has 1 unspecified atom stereocenters. The number of hydrogen-bond donors (Lipinski definition) is 1. The van der Waals surface area contributed by atoms with Crippen molar-refractivity contribution < 1.29 is 9.47 Å². The van der Waals surface area contributed by atoms with Crippen molar-refractivity contribution in [1.29, 1.82) is 0 Å². The standard InChI is InChI=1S/C34H22N2O2/c1-2-11-21(12-3-1)36-25-15-7-6-14-23(25)29-31-30(28-22-13-5-4-10-20(22)18-19-24(28)35-31)33-34(32(29)36)38-27-17-9-8-16-26(27)37-33/h1-13,15-19,23,35H,14H2. The van der Waals surface area contributed by atoms with Crippen LogP contribution in [0.4, 0.5) is 11.4 Å². The van der Waals surface area contributed by atoms with Crippen LogP contribution in [0.15, 0.2) is 115 Å². The van der Waals surface area contributed by atoms with E-state index in [9.17, 15) is 0 Å². The van der Waals surface area contributed by atoms with E-state index < -0.39 is 0 Å². The van der Waals surface area contributed by atoms with Crippen LogP contribution in [0, 0.1) is 0 Å². The summed E-state index contributed by atoms with van der Waals surface area (Å²) in [4.78, 5) is 6.20. The van der Waals surface area contributed by atoms with Crippen molar-refractivity contribution >= 4 is 44.0 Å². The fourth-order valence-electron chi connectivity index (χ4n) is 6.55. The average Bonchev–Trinajstić information content (AvgIpc) is 3.54. The first kappa shape index (κ1) is 20.1. The number of H-pyrrole nitrogens is 1. The van der Waals surface area contributed by atoms with Crippen LogP contribution in [0.3, 0.4) is 0 Å². The summed E-state index contributed by atoms with van der Waals surface area (Å²) in [6.07, 6.45) is 7.61. The summed E-state index contributed by atoms with van der Waals surface area (Å²) >= 11 is 0. The molecule has 3 aliphatic rings. The maximum atomic E-state index is 6.79. The lowest BCUT2D eigenvalue weighted by molar-refractivity contribution is 0.364. The predicted octanol–water partition coefficient (Wildman–Crippen LogP) is 9.45. The van der Waals surface area contributed by atoms with Gasteiger partial charge < -0.3 is 19.4 Å². The number of rotatable bonds is 1. The minimum Gasteiger partial charge on any atom is -0.449 e. The first-order valence-electron chi connectivity index (χ1n) is 13.1. The highest BCUT2D eigenvalue weighted by Gasteiger charge is 2.43. The van der Waals surface area contributed by atoms with Crippen molar-refractivity contribution in [2.75, 3.05) is 4.90 Å². The predicted molar refractivity (Wildman–Crippen MR) is 153 cm³/mol. The molecule has 0 radical (unpaired) electrons. The van der Waals surface area contributed by atoms with Crippen molar-refractivity contribution in [2.24, 2.45) is 0 Å². The van der Waals surface area contributed by atoms with E-state index in [-0.39, 0.29) is 5.92 Å². The van der Waals surface area contributed by atoms with E-state index in [1.54, 1.807) is 0 Å². The Morgan fingerprint density at radius 3 is 2.37 bits per heavy atom. The zero-order valence-electron chi connectivity index (χ0n) is 20.4. The summed E-state index contributed by atoms with van der Waals surface area (Å²) in [6, 6.07) is 31.5. The van der Waals surface area contributed by atoms with Gasteiger partial charge in [0.15, 0.2) is 23.0 Å². The summed E-state index contributed by atoms with van der Waals surface area (Å²) in [5.74, 6) is 3.23. The van der Waals surface area contributed by atoms with Gasteiger partial charge in [-0.15, -0.1) is 0 Å². The van der Waals surface area contributed by atoms with Gasteiger partial charge in [-0.05, 0) is 53.6 Å². The van der Waals surface area contributed by atoms with E-state index in [1.807, 2.05) is 24.3 Å². The van der Waals surface area contributed by atoms with E-state index in [0.717, 1.165) is 57.2 Å². The second kappa shape index (κ2) is 7.30. The maximum Gasteiger partial charge on any atom is 0.195 e. The van der Waals surface area contributed by atoms with E-state index in [2.05, 4.69) is 94.8 Å². The molecule has 38 heavy (non-hydrogen) atoms. The lowest BCUT2D eigenvalue weighted by Gasteiger charge is -2.28. The van der Waals surface area contributed by atoms with Gasteiger partial charge in [0.2, 0.25) is 0 Å². The van der Waals surface area contributed by atoms with Crippen LogP contribution in [-0.2, 0) is 0 Å². The van der Waals surface area contributed by atoms with E-state index in [4.69, 9.17) is 9.47 Å². The number of fused-ring (bicyclic) bond motifs is 13. The number of aromatic nitrogens is 1. The molecule has 6 aromatic rings. The van der Waals surface area contributed by atoms with E-state index in [0.29, 0.717) is 0 Å². The molecule has 0 fully saturated rings. The molecule has 3 heterocycles. The number of anilines is 2. The highest BCUT2D eigenvalue weighted by atomic mass is 16.6. The van der Waals surface area contributed by atoms with Gasteiger partial charge in [0.1, 0.15) is 0 Å². The van der Waals surface area contributed by atoms with Crippen LogP contribution in [0.5, 0.6) is 23.0 Å². The number of nitrogens with one attached hydrogen (secondary N) is 1. The minimum absolute atomic E-state index is 0.211. The van der Waals surface area contributed by atoms with Gasteiger partial charge in [0, 0.05) is 33.8 Å². The summed E-state index contributed by atoms with van der Waals surface area (Å²) in [6.45, 7) is 0. The average molecular weight is 491 g/mol. The van der Waals surface area contributed by atoms with Crippen LogP contribution < -0.4 is 14.4 Å². The summed E-state index contributed by atoms with van der Waals surface area (Å²) < 4.78 is 13.6. The van der Waals surface area contributed by atoms with E-state index in [1.165, 1.54) is 27.4 Å². The van der Waals surface area contributed by atoms with Crippen LogP contribution in [0.2, 0.25) is 0 Å². The molecule has 4 nitrogen and oxygen atoms in total. The third kappa shape index (κ3) is 2.54. The molecule has 180 valence electrons. The number of allylic oxidation sites excluding steroid dienone is 4. The Labute approximate surface area is 219 Å². The first-order chi connectivity index (χ1) is 18.9. The number of hydrogen-bond acceptors (Lipinski definition) is 3. The topological polar surface area (TPSA) is 37.5 Å². The first-order valence-corrected chi connectivity index (χ1v) is 13.1. The molecule has 1 aromatic heterocycles. The Balaban J connectivity index is 1.48. The molecule has 1 N–H and O–H groups in total. The van der Waals surface area contributed by atoms with Crippen LogP contribution in [-0.4, -0.2) is 4.98 Å². The Kier molecular flexibility index (Phi) is 3.87. The van der Waals surface area contributed by atoms with Gasteiger partial charge in [0.25, 0.3) is 0 Å². The monoisotopic (exact) mass is 490 g/mol. The number of para-hydroxylation sites is 3. The van der Waals surface area contributed by atoms with Crippen molar-refractivity contribution in [3.8, 4) is 23.0 Å². The van der Waals surface area contributed by atoms with Gasteiger partial charge in [-0.2, -0.15) is 0 Å². The number of ether oxygens (including phenoxy) is 2. The summed E-state index contributed by atoms with van der Waals surface area (Å²) in [5.41, 5.74) is 6.92. The molecule has 1 aliphatic carbocycles. The van der Waals surface area contributed by atoms with Crippen molar-refractivity contribution in [3.63, 3.8) is 0 Å². The zero-order chi connectivity index (χ0) is 24.8. The van der Waals surface area contributed by atoms with Gasteiger partial charge >= 0.3 is 0 Å². The van der Waals surface area contributed by atoms with Gasteiger partial charge in [-0.3, -0.25) is 0 Å². The molecular formula is C34H22N2O2. The van der Waals surface area contributed by atoms with Crippen molar-refractivity contribution in [1.82, 2.24) is 4.98 Å². The third-order valence-electron chi connectivity index (χ3n) is 8.11. The second-order valence-electron chi connectivity index (χ2n) is 10.1. The second-order valence-corrected chi connectivity index (χ2v) is 10.1. The lowest BCUT2D eigenvalue weighted by Crippen LogP contribution is -2.15. The molecule has 0 saturated heterocycles. The van der Waals surface area contributed by atoms with E-state index >= 15 is 0 Å². The third-order valence-corrected chi connectivity index (χ3v) is 8.11. The molecular weight excluding hydrogens is 468 g/mol. The Morgan fingerprint density at radius 1 is 0.737 bits per heavy atom. The van der Waals surface area contributed by atoms with Gasteiger partial charge in [-0.1, -0.05) is 72.8 Å². The molecule has 1 atom stereocenters. The van der Waals surface area contributed by atoms with Crippen LogP contribution in [0.1, 0.15) is 17.9 Å².